The van der Waals surface area contributed by atoms with Crippen LogP contribution in [0.3, 0.4) is 0 Å². The van der Waals surface area contributed by atoms with E-state index in [-0.39, 0.29) is 0 Å². The maximum Gasteiger partial charge on any atom is -0.0128 e. The molecule has 0 aliphatic carbocycles. The van der Waals surface area contributed by atoms with E-state index in [0.29, 0.717) is 7.92 Å². The van der Waals surface area contributed by atoms with Crippen molar-refractivity contribution < 1.29 is 0 Å². The Morgan fingerprint density at radius 1 is 0.485 bits per heavy atom. The molecule has 1 aromatic carbocycles. The van der Waals surface area contributed by atoms with Crippen molar-refractivity contribution in [2.75, 3.05) is 18.5 Å². The van der Waals surface area contributed by atoms with Crippen LogP contribution in [0.1, 0.15) is 142 Å². The Morgan fingerprint density at radius 2 is 0.818 bits per heavy atom. The van der Waals surface area contributed by atoms with Crippen LogP contribution in [0.15, 0.2) is 30.3 Å². The maximum atomic E-state index is 2.69. The molecule has 0 spiro atoms. The molecule has 1 atom stereocenters. The highest BCUT2D eigenvalue weighted by atomic mass is 31.1. The molecular formula is C31H60P2. The zero-order chi connectivity index (χ0) is 24.2. The van der Waals surface area contributed by atoms with Gasteiger partial charge in [-0.1, -0.05) is 147 Å². The zero-order valence-electron chi connectivity index (χ0n) is 23.0. The van der Waals surface area contributed by atoms with E-state index in [9.17, 15) is 0 Å². The van der Waals surface area contributed by atoms with Crippen LogP contribution < -0.4 is 0 Å². The third-order valence-electron chi connectivity index (χ3n) is 6.56. The van der Waals surface area contributed by atoms with Crippen LogP contribution in [0, 0.1) is 0 Å². The first-order valence-corrected chi connectivity index (χ1v) is 17.5. The summed E-state index contributed by atoms with van der Waals surface area (Å²) in [7, 11) is 3.06. The van der Waals surface area contributed by atoms with Gasteiger partial charge in [-0.15, -0.1) is 17.2 Å². The van der Waals surface area contributed by atoms with Crippen molar-refractivity contribution in [2.24, 2.45) is 0 Å². The largest absolute Gasteiger partial charge is 0.133 e. The second-order valence-electron chi connectivity index (χ2n) is 9.83. The molecule has 0 aliphatic rings. The highest BCUT2D eigenvalue weighted by Crippen LogP contribution is 2.39. The molecule has 0 saturated carbocycles. The fraction of sp³-hybridized carbons (Fsp3) is 0.806. The third-order valence-corrected chi connectivity index (χ3v) is 9.88. The Labute approximate surface area is 213 Å². The molecule has 194 valence electrons. The van der Waals surface area contributed by atoms with Gasteiger partial charge in [0.2, 0.25) is 0 Å². The Bertz CT molecular complexity index is 421. The van der Waals surface area contributed by atoms with Crippen LogP contribution in [-0.4, -0.2) is 18.5 Å². The summed E-state index contributed by atoms with van der Waals surface area (Å²) in [5.74, 6) is 0. The van der Waals surface area contributed by atoms with Crippen LogP contribution in [0.25, 0.3) is 0 Å². The zero-order valence-corrected chi connectivity index (χ0v) is 25.0. The van der Waals surface area contributed by atoms with Gasteiger partial charge in [0, 0.05) is 0 Å². The molecule has 2 heteroatoms. The maximum absolute atomic E-state index is 2.69. The summed E-state index contributed by atoms with van der Waals surface area (Å²) in [6, 6.07) is 10.4. The molecule has 1 unspecified atom stereocenters. The first kappa shape index (κ1) is 33.1. The number of hydrogen-bond donors (Lipinski definition) is 0. The van der Waals surface area contributed by atoms with E-state index in [1.54, 1.807) is 18.5 Å². The molecule has 0 heterocycles. The number of rotatable bonds is 22. The van der Waals surface area contributed by atoms with Gasteiger partial charge < -0.3 is 0 Å². The van der Waals surface area contributed by atoms with Crippen molar-refractivity contribution in [1.29, 1.82) is 0 Å². The Kier molecular flexibility index (Phi) is 28.4. The van der Waals surface area contributed by atoms with Gasteiger partial charge in [0.15, 0.2) is 0 Å². The smallest absolute Gasteiger partial charge is 0.0128 e. The highest BCUT2D eigenvalue weighted by Gasteiger charge is 2.07. The second-order valence-corrected chi connectivity index (χ2v) is 12.9. The van der Waals surface area contributed by atoms with Gasteiger partial charge in [0.25, 0.3) is 0 Å². The van der Waals surface area contributed by atoms with E-state index < -0.39 is 0 Å². The van der Waals surface area contributed by atoms with Crippen molar-refractivity contribution in [1.82, 2.24) is 0 Å². The summed E-state index contributed by atoms with van der Waals surface area (Å²) in [5.41, 5.74) is 1.37. The van der Waals surface area contributed by atoms with Crippen LogP contribution in [0.5, 0.6) is 0 Å². The average molecular weight is 495 g/mol. The summed E-state index contributed by atoms with van der Waals surface area (Å²) in [6.45, 7) is 6.96. The minimum Gasteiger partial charge on any atom is -0.133 e. The molecule has 1 rings (SSSR count). The van der Waals surface area contributed by atoms with Gasteiger partial charge in [-0.2, -0.15) is 0 Å². The predicted molar refractivity (Wildman–Crippen MR) is 162 cm³/mol. The molecule has 0 aromatic heterocycles. The lowest BCUT2D eigenvalue weighted by Crippen LogP contribution is -1.97. The van der Waals surface area contributed by atoms with E-state index >= 15 is 0 Å². The van der Waals surface area contributed by atoms with Gasteiger partial charge in [-0.05, 0) is 49.5 Å². The van der Waals surface area contributed by atoms with Crippen LogP contribution >= 0.6 is 17.2 Å². The Balaban J connectivity index is 0.00000106. The number of unbranched alkanes of at least 4 members (excludes halogenated alkanes) is 15. The summed E-state index contributed by atoms with van der Waals surface area (Å²) >= 11 is 0. The molecule has 0 amide bonds. The van der Waals surface area contributed by atoms with E-state index in [2.05, 4.69) is 54.3 Å². The molecular weight excluding hydrogens is 434 g/mol. The van der Waals surface area contributed by atoms with Gasteiger partial charge in [0.1, 0.15) is 0 Å². The van der Waals surface area contributed by atoms with Gasteiger partial charge in [-0.25, -0.2) is 0 Å². The lowest BCUT2D eigenvalue weighted by Gasteiger charge is -2.18. The first-order valence-electron chi connectivity index (χ1n) is 14.7. The summed E-state index contributed by atoms with van der Waals surface area (Å²) in [5, 5.41) is 0. The summed E-state index contributed by atoms with van der Waals surface area (Å²) in [4.78, 5) is 0. The van der Waals surface area contributed by atoms with Crippen LogP contribution in [0.2, 0.25) is 0 Å². The molecule has 0 bridgehead atoms. The van der Waals surface area contributed by atoms with Crippen molar-refractivity contribution in [3.63, 3.8) is 0 Å². The minimum absolute atomic E-state index is 0.366. The van der Waals surface area contributed by atoms with Crippen molar-refractivity contribution in [3.8, 4) is 0 Å². The average Bonchev–Trinajstić information content (AvgIpc) is 2.85. The fourth-order valence-corrected chi connectivity index (χ4v) is 7.25. The van der Waals surface area contributed by atoms with Crippen molar-refractivity contribution in [2.45, 2.75) is 143 Å². The lowest BCUT2D eigenvalue weighted by molar-refractivity contribution is 0.617. The second kappa shape index (κ2) is 28.3. The van der Waals surface area contributed by atoms with E-state index in [0.717, 1.165) is 6.16 Å². The molecule has 0 N–H and O–H groups in total. The predicted octanol–water partition coefficient (Wildman–Crippen LogP) is 11.6. The van der Waals surface area contributed by atoms with E-state index in [1.165, 1.54) is 121 Å². The monoisotopic (exact) mass is 494 g/mol. The minimum atomic E-state index is 0.366. The van der Waals surface area contributed by atoms with Crippen molar-refractivity contribution >= 4 is 17.2 Å². The SMILES string of the molecule is CCCCCCCCP(CCCCCCCC)CCCCCCCC.PCc1ccccc1. The number of hydrogen-bond acceptors (Lipinski definition) is 0. The fourth-order valence-electron chi connectivity index (χ4n) is 4.30. The molecule has 0 radical (unpaired) electrons. The van der Waals surface area contributed by atoms with E-state index in [1.807, 2.05) is 6.07 Å². The van der Waals surface area contributed by atoms with Gasteiger partial charge >= 0.3 is 0 Å². The number of benzene rings is 1. The third kappa shape index (κ3) is 25.0. The molecule has 0 aliphatic heterocycles. The Morgan fingerprint density at radius 3 is 1.12 bits per heavy atom. The van der Waals surface area contributed by atoms with Crippen LogP contribution in [-0.2, 0) is 6.16 Å². The van der Waals surface area contributed by atoms with Gasteiger partial charge in [0.05, 0.1) is 0 Å². The molecule has 33 heavy (non-hydrogen) atoms. The molecule has 1 aromatic rings. The quantitative estimate of drug-likeness (QED) is 0.111. The summed E-state index contributed by atoms with van der Waals surface area (Å²) in [6.07, 6.45) is 32.3. The first-order chi connectivity index (χ1) is 16.3. The highest BCUT2D eigenvalue weighted by molar-refractivity contribution is 7.57. The molecule has 0 nitrogen and oxygen atoms in total. The molecule has 0 saturated heterocycles. The topological polar surface area (TPSA) is 0 Å². The summed E-state index contributed by atoms with van der Waals surface area (Å²) < 4.78 is 0. The standard InChI is InChI=1S/C24H51P.C7H9P/c1-4-7-10-13-16-19-22-25(23-20-17-14-11-8-5-2)24-21-18-15-12-9-6-3;8-6-7-4-2-1-3-5-7/h4-24H2,1-3H3;1-5H,6,8H2. The van der Waals surface area contributed by atoms with E-state index in [4.69, 9.17) is 0 Å². The van der Waals surface area contributed by atoms with Crippen molar-refractivity contribution in [3.05, 3.63) is 35.9 Å². The molecule has 0 fully saturated rings. The normalized spacial score (nSPS) is 10.9. The van der Waals surface area contributed by atoms with Crippen LogP contribution in [0.4, 0.5) is 0 Å². The van der Waals surface area contributed by atoms with Gasteiger partial charge in [-0.3, -0.25) is 0 Å². The lowest BCUT2D eigenvalue weighted by atomic mass is 10.1. The Hall–Kier alpha value is 0.0800.